The van der Waals surface area contributed by atoms with Crippen LogP contribution in [-0.2, 0) is 9.53 Å². The number of rotatable bonds is 8. The minimum Gasteiger partial charge on any atom is -0.465 e. The number of nitrogens with zero attached hydrogens (tertiary/aromatic N) is 2. The molecule has 0 aliphatic carbocycles. The van der Waals surface area contributed by atoms with Gasteiger partial charge in [0.05, 0.1) is 24.4 Å². The molecule has 2 aromatic carbocycles. The van der Waals surface area contributed by atoms with Crippen LogP contribution in [0.4, 0.5) is 10.1 Å². The number of nitrogens with one attached hydrogen (secondary N) is 2. The van der Waals surface area contributed by atoms with Crippen LogP contribution in [0.3, 0.4) is 0 Å². The van der Waals surface area contributed by atoms with Crippen LogP contribution in [0.1, 0.15) is 40.3 Å². The highest BCUT2D eigenvalue weighted by atomic mass is 32.1. The highest BCUT2D eigenvalue weighted by molar-refractivity contribution is 7.80. The number of furan rings is 1. The van der Waals surface area contributed by atoms with Crippen molar-refractivity contribution in [3.05, 3.63) is 108 Å². The topological polar surface area (TPSA) is 96.7 Å². The number of pyridine rings is 1. The average molecular weight is 545 g/mol. The van der Waals surface area contributed by atoms with E-state index in [2.05, 4.69) is 15.6 Å². The van der Waals surface area contributed by atoms with Gasteiger partial charge in [-0.3, -0.25) is 9.78 Å². The predicted octanol–water partition coefficient (Wildman–Crippen LogP) is 5.27. The number of benzene rings is 2. The van der Waals surface area contributed by atoms with Crippen molar-refractivity contribution in [3.8, 4) is 11.3 Å². The first kappa shape index (κ1) is 26.1. The van der Waals surface area contributed by atoms with Gasteiger partial charge in [0.2, 0.25) is 5.91 Å². The number of hydrogen-bond donors (Lipinski definition) is 2. The van der Waals surface area contributed by atoms with Crippen LogP contribution >= 0.6 is 12.2 Å². The van der Waals surface area contributed by atoms with Gasteiger partial charge >= 0.3 is 5.97 Å². The molecule has 0 saturated carbocycles. The molecule has 8 nitrogen and oxygen atoms in total. The van der Waals surface area contributed by atoms with Crippen molar-refractivity contribution in [1.29, 1.82) is 0 Å². The third-order valence-electron chi connectivity index (χ3n) is 6.41. The van der Waals surface area contributed by atoms with Crippen molar-refractivity contribution in [2.75, 3.05) is 19.0 Å². The van der Waals surface area contributed by atoms with E-state index in [1.54, 1.807) is 30.5 Å². The number of anilines is 1. The molecule has 1 amide bonds. The molecule has 2 N–H and O–H groups in total. The standard InChI is InChI=1S/C29H25FN4O4S/c1-37-28(36)19-7-5-18(6-8-19)23-13-14-24(38-23)27-26(22-4-2-3-16-31-22)33-29(39)34(27)17-15-25(35)32-21-11-9-20(30)10-12-21/h2-14,16,26-27H,15,17H2,1H3,(H,32,35)(H,33,39). The zero-order valence-corrected chi connectivity index (χ0v) is 21.8. The van der Waals surface area contributed by atoms with Crippen LogP contribution in [0.5, 0.6) is 0 Å². The lowest BCUT2D eigenvalue weighted by molar-refractivity contribution is -0.116. The third-order valence-corrected chi connectivity index (χ3v) is 6.77. The SMILES string of the molecule is COC(=O)c1ccc(-c2ccc(C3C(c4ccccn4)NC(=S)N3CCC(=O)Nc3ccc(F)cc3)o2)cc1. The molecule has 1 aliphatic rings. The summed E-state index contributed by atoms with van der Waals surface area (Å²) in [6, 6.07) is 21.3. The van der Waals surface area contributed by atoms with Gasteiger partial charge in [-0.15, -0.1) is 0 Å². The average Bonchev–Trinajstić information content (AvgIpc) is 3.58. The van der Waals surface area contributed by atoms with Crippen LogP contribution in [0, 0.1) is 5.82 Å². The lowest BCUT2D eigenvalue weighted by Gasteiger charge is -2.25. The number of halogens is 1. The summed E-state index contributed by atoms with van der Waals surface area (Å²) in [5.41, 5.74) is 2.53. The zero-order valence-electron chi connectivity index (χ0n) is 21.0. The van der Waals surface area contributed by atoms with Gasteiger partial charge in [-0.1, -0.05) is 18.2 Å². The quantitative estimate of drug-likeness (QED) is 0.229. The van der Waals surface area contributed by atoms with Crippen LogP contribution in [0.25, 0.3) is 11.3 Å². The van der Waals surface area contributed by atoms with Crippen LogP contribution in [0.2, 0.25) is 0 Å². The van der Waals surface area contributed by atoms with Gasteiger partial charge in [0, 0.05) is 30.4 Å². The summed E-state index contributed by atoms with van der Waals surface area (Å²) in [5, 5.41) is 6.59. The first-order valence-corrected chi connectivity index (χ1v) is 12.7. The Morgan fingerprint density at radius 1 is 1.08 bits per heavy atom. The van der Waals surface area contributed by atoms with Crippen molar-refractivity contribution < 1.29 is 23.1 Å². The Morgan fingerprint density at radius 3 is 2.54 bits per heavy atom. The summed E-state index contributed by atoms with van der Waals surface area (Å²) in [6.07, 6.45) is 1.86. The molecule has 2 unspecified atom stereocenters. The van der Waals surface area contributed by atoms with Crippen LogP contribution < -0.4 is 10.6 Å². The normalized spacial score (nSPS) is 16.6. The summed E-state index contributed by atoms with van der Waals surface area (Å²) in [4.78, 5) is 30.9. The van der Waals surface area contributed by atoms with E-state index in [9.17, 15) is 14.0 Å². The number of carbonyl (C=O) groups is 2. The fraction of sp³-hybridized carbons (Fsp3) is 0.172. The molecule has 5 rings (SSSR count). The van der Waals surface area contributed by atoms with Crippen LogP contribution in [-0.4, -0.2) is 40.5 Å². The maximum absolute atomic E-state index is 13.2. The van der Waals surface area contributed by atoms with E-state index in [1.807, 2.05) is 35.2 Å². The Hall–Kier alpha value is -4.57. The smallest absolute Gasteiger partial charge is 0.337 e. The molecular formula is C29H25FN4O4S. The van der Waals surface area contributed by atoms with Crippen molar-refractivity contribution in [3.63, 3.8) is 0 Å². The summed E-state index contributed by atoms with van der Waals surface area (Å²) < 4.78 is 24.3. The predicted molar refractivity (Wildman–Crippen MR) is 147 cm³/mol. The molecule has 2 aromatic heterocycles. The number of carbonyl (C=O) groups excluding carboxylic acids is 2. The molecule has 39 heavy (non-hydrogen) atoms. The molecule has 2 atom stereocenters. The molecule has 0 radical (unpaired) electrons. The Kier molecular flexibility index (Phi) is 7.64. The molecule has 1 saturated heterocycles. The van der Waals surface area contributed by atoms with E-state index < -0.39 is 5.97 Å². The molecule has 198 valence electrons. The molecule has 0 bridgehead atoms. The summed E-state index contributed by atoms with van der Waals surface area (Å²) in [7, 11) is 1.34. The van der Waals surface area contributed by atoms with Crippen molar-refractivity contribution in [1.82, 2.24) is 15.2 Å². The van der Waals surface area contributed by atoms with Gasteiger partial charge in [-0.25, -0.2) is 9.18 Å². The van der Waals surface area contributed by atoms with Gasteiger partial charge in [0.15, 0.2) is 5.11 Å². The highest BCUT2D eigenvalue weighted by Gasteiger charge is 2.41. The third kappa shape index (κ3) is 5.80. The molecular weight excluding hydrogens is 519 g/mol. The molecule has 0 spiro atoms. The number of esters is 1. The van der Waals surface area contributed by atoms with E-state index in [0.717, 1.165) is 11.3 Å². The van der Waals surface area contributed by atoms with E-state index in [1.165, 1.54) is 31.4 Å². The minimum absolute atomic E-state index is 0.146. The van der Waals surface area contributed by atoms with E-state index in [4.69, 9.17) is 21.4 Å². The summed E-state index contributed by atoms with van der Waals surface area (Å²) in [6.45, 7) is 0.316. The zero-order chi connectivity index (χ0) is 27.4. The van der Waals surface area contributed by atoms with Gasteiger partial charge in [-0.05, 0) is 72.9 Å². The van der Waals surface area contributed by atoms with Crippen molar-refractivity contribution in [2.24, 2.45) is 0 Å². The first-order valence-electron chi connectivity index (χ1n) is 12.2. The Morgan fingerprint density at radius 2 is 1.85 bits per heavy atom. The summed E-state index contributed by atoms with van der Waals surface area (Å²) in [5.74, 6) is 0.249. The van der Waals surface area contributed by atoms with Gasteiger partial charge in [0.1, 0.15) is 23.4 Å². The van der Waals surface area contributed by atoms with Crippen molar-refractivity contribution >= 4 is 34.9 Å². The molecule has 10 heteroatoms. The largest absolute Gasteiger partial charge is 0.465 e. The maximum Gasteiger partial charge on any atom is 0.337 e. The number of thiocarbonyl (C=S) groups is 1. The Labute approximate surface area is 229 Å². The first-order chi connectivity index (χ1) is 18.9. The van der Waals surface area contributed by atoms with Gasteiger partial charge in [-0.2, -0.15) is 0 Å². The monoisotopic (exact) mass is 544 g/mol. The van der Waals surface area contributed by atoms with E-state index in [0.29, 0.717) is 34.4 Å². The second-order valence-corrected chi connectivity index (χ2v) is 9.28. The number of methoxy groups -OCH3 is 1. The van der Waals surface area contributed by atoms with Crippen LogP contribution in [0.15, 0.2) is 89.5 Å². The molecule has 3 heterocycles. The second kappa shape index (κ2) is 11.4. The second-order valence-electron chi connectivity index (χ2n) is 8.90. The van der Waals surface area contributed by atoms with Gasteiger partial charge < -0.3 is 24.7 Å². The lowest BCUT2D eigenvalue weighted by atomic mass is 10.0. The van der Waals surface area contributed by atoms with Gasteiger partial charge in [0.25, 0.3) is 0 Å². The molecule has 1 aliphatic heterocycles. The lowest BCUT2D eigenvalue weighted by Crippen LogP contribution is -2.32. The molecule has 1 fully saturated rings. The fourth-order valence-corrected chi connectivity index (χ4v) is 4.82. The minimum atomic E-state index is -0.412. The van der Waals surface area contributed by atoms with E-state index >= 15 is 0 Å². The number of ether oxygens (including phenoxy) is 1. The maximum atomic E-state index is 13.2. The van der Waals surface area contributed by atoms with E-state index in [-0.39, 0.29) is 30.2 Å². The number of amides is 1. The van der Waals surface area contributed by atoms with Crippen molar-refractivity contribution in [2.45, 2.75) is 18.5 Å². The molecule has 4 aromatic rings. The Bertz CT molecular complexity index is 1480. The number of aromatic nitrogens is 1. The summed E-state index contributed by atoms with van der Waals surface area (Å²) >= 11 is 5.67. The highest BCUT2D eigenvalue weighted by Crippen LogP contribution is 2.40. The fourth-order valence-electron chi connectivity index (χ4n) is 4.49. The Balaban J connectivity index is 1.38. The number of hydrogen-bond acceptors (Lipinski definition) is 6.